The fourth-order valence-corrected chi connectivity index (χ4v) is 21.7. The molecule has 0 bridgehead atoms. The van der Waals surface area contributed by atoms with Crippen molar-refractivity contribution in [3.8, 4) is 17.1 Å². The monoisotopic (exact) mass is 2090 g/mol. The fraction of sp³-hybridized carbons (Fsp3) is 0.347. The van der Waals surface area contributed by atoms with Crippen molar-refractivity contribution in [2.24, 2.45) is 34.5 Å². The lowest BCUT2D eigenvalue weighted by molar-refractivity contribution is 0.0684. The summed E-state index contributed by atoms with van der Waals surface area (Å²) in [4.78, 5) is 140. The van der Waals surface area contributed by atoms with Gasteiger partial charge in [-0.2, -0.15) is 0 Å². The van der Waals surface area contributed by atoms with Crippen LogP contribution in [0, 0.1) is 87.1 Å². The lowest BCUT2D eigenvalue weighted by atomic mass is 10.0. The minimum Gasteiger partial charge on any atom is -0.477 e. The molecule has 10 atom stereocenters. The van der Waals surface area contributed by atoms with Gasteiger partial charge in [0, 0.05) is 181 Å². The van der Waals surface area contributed by atoms with E-state index in [-0.39, 0.29) is 177 Å². The van der Waals surface area contributed by atoms with Crippen molar-refractivity contribution in [3.63, 3.8) is 0 Å². The zero-order chi connectivity index (χ0) is 107. The summed E-state index contributed by atoms with van der Waals surface area (Å²) in [5.74, 6) is -15.7. The van der Waals surface area contributed by atoms with Crippen molar-refractivity contribution in [2.45, 2.75) is 133 Å². The molecule has 0 radical (unpaired) electrons. The molecule has 13 aromatic rings. The van der Waals surface area contributed by atoms with Gasteiger partial charge in [0.05, 0.1) is 88.8 Å². The Labute approximate surface area is 835 Å². The molecule has 32 nitrogen and oxygen atoms in total. The first-order valence-corrected chi connectivity index (χ1v) is 51.1. The molecule has 9 fully saturated rings. The average molecular weight is 2100 g/mol. The second-order valence-corrected chi connectivity index (χ2v) is 45.3. The molecule has 776 valence electrons. The van der Waals surface area contributed by atoms with Crippen LogP contribution in [-0.4, -0.2) is 205 Å². The van der Waals surface area contributed by atoms with Gasteiger partial charge in [0.1, 0.15) is 94.1 Å². The maximum atomic E-state index is 15.6. The maximum absolute atomic E-state index is 15.6. The number of aromatic carboxylic acids is 4. The SMILES string of the molecule is CC1CN(c2cc3c(cc2F)c(=O)c(C(=O)[Si](C)(C)C)cn3-c2ccc(F)cc2F)CCN1.C[C@@H]1CN(c2c(F)c(N)c3c(=O)c(C(=O)O)cn(C4CC4)c3c2F)C[C@H](C)N1.NC1CCN(c2nc3c(cc2F)c(=O)c(C(=O)O)cn3-c2ccc(F)cc2F)C1.NC1[C@H]2CN(c3nc4c(cc3F)c(=O)c(C(=O)O)cn4-c3ccc(F)cc3F)C[C@@H]12.N[C@@H]1CN(c2c(F)cc3c(=O)c(C(=O)O)cn(C4C[C@@H]4F)c3c2Cl)CC12CC2. The number of piperidine rings is 1. The fourth-order valence-electron chi connectivity index (χ4n) is 20.4. The van der Waals surface area contributed by atoms with E-state index in [2.05, 4.69) is 20.6 Å². The summed E-state index contributed by atoms with van der Waals surface area (Å²) in [7, 11) is -2.44. The molecule has 5 aliphatic heterocycles. The normalized spacial score (nSPS) is 21.1. The number of rotatable bonds is 16. The van der Waals surface area contributed by atoms with Crippen LogP contribution in [0.1, 0.15) is 123 Å². The average Bonchev–Trinajstić information content (AvgIpc) is 1.57. The summed E-state index contributed by atoms with van der Waals surface area (Å²) in [6, 6.07) is 13.1. The number of aromatic nitrogens is 7. The number of alkyl halides is 1. The third-order valence-corrected chi connectivity index (χ3v) is 30.4. The molecular formula is C101H96ClF13N18O14Si. The Kier molecular flexibility index (Phi) is 27.4. The molecule has 148 heavy (non-hydrogen) atoms. The molecule has 22 rings (SSSR count). The Bertz CT molecular complexity index is 8110. The Morgan fingerprint density at radius 1 is 0.466 bits per heavy atom. The molecule has 7 aromatic heterocycles. The number of carboxylic acids is 4. The Hall–Kier alpha value is -14.6. The van der Waals surface area contributed by atoms with Crippen LogP contribution >= 0.6 is 11.6 Å². The Morgan fingerprint density at radius 2 is 0.926 bits per heavy atom. The molecule has 6 aromatic carbocycles. The predicted octanol–water partition coefficient (Wildman–Crippen LogP) is 13.0. The van der Waals surface area contributed by atoms with Crippen LogP contribution in [0.25, 0.3) is 71.8 Å². The van der Waals surface area contributed by atoms with E-state index in [4.69, 9.17) is 34.5 Å². The van der Waals surface area contributed by atoms with Crippen LogP contribution in [0.2, 0.25) is 24.7 Å². The molecule has 5 saturated heterocycles. The molecule has 4 aliphatic carbocycles. The van der Waals surface area contributed by atoms with Gasteiger partial charge in [-0.15, -0.1) is 0 Å². The highest BCUT2D eigenvalue weighted by molar-refractivity contribution is 7.05. The van der Waals surface area contributed by atoms with E-state index < -0.39 is 174 Å². The number of nitrogens with two attached hydrogens (primary N) is 4. The Morgan fingerprint density at radius 3 is 1.40 bits per heavy atom. The molecule has 14 N–H and O–H groups in total. The number of nitrogens with zero attached hydrogens (tertiary/aromatic N) is 12. The van der Waals surface area contributed by atoms with Gasteiger partial charge in [-0.3, -0.25) is 37.9 Å². The van der Waals surface area contributed by atoms with Gasteiger partial charge >= 0.3 is 23.9 Å². The summed E-state index contributed by atoms with van der Waals surface area (Å²) < 4.78 is 195. The zero-order valence-electron chi connectivity index (χ0n) is 79.7. The smallest absolute Gasteiger partial charge is 0.341 e. The minimum atomic E-state index is -2.44. The van der Waals surface area contributed by atoms with Gasteiger partial charge < -0.3 is 92.2 Å². The van der Waals surface area contributed by atoms with Crippen molar-refractivity contribution >= 4 is 138 Å². The van der Waals surface area contributed by atoms with Gasteiger partial charge in [0.15, 0.2) is 51.6 Å². The second-order valence-electron chi connectivity index (χ2n) is 39.9. The number of fused-ring (bicyclic) bond motifs is 6. The lowest BCUT2D eigenvalue weighted by Crippen LogP contribution is -2.54. The standard InChI is InChI=1S/C24H26F3N3O2Si.C20H15F3N4O3.C19H18ClF2N3O3.C19H15F3N4O3.C19H22F2N4O3/c1-14-12-29(8-7-28-14)22-11-21-16(10-19(22)27)23(31)17(24(32)33(2,3)4)13-30(21)20-6-5-15(25)9-18(20)26;21-8-1-2-15(13(22)3-8)27-7-12(20(29)30)17(28)9-4-14(23)19(25-18(9)27)26-5-10-11(6-26)16(10)24;20-14-15-8(17(26)9(18(27)28)5-25(15)12-4-10(12)21)3-11(22)16(14)24-6-13(23)19(7-24)1-2-19;20-9-1-2-15(13(21)5-9)26-8-12(19(28)29)16(27)11-6-14(22)18(24-17(11)26)25-4-3-10(23)7-25;1-8-5-24(6-9(2)23-8)17-13(20)15(22)12-16(14(17)21)25(10-3-4-10)7-11(18(12)26)19(27)28/h5-6,9-11,13-14,28H,7-8,12H2,1-4H3;1-4,7,10-11,16H,5-6,24H2,(H,29,30);3,5,10,12-13H,1-2,4,6-7,23H2,(H,27,28);1-2,5-6,8,10H,3-4,7,23H2,(H,28,29);7-10,23H,3-6,22H2,1-2H3,(H,27,28)/t;10-,11+,16?;10-,12?,13+;;8-,9+/m..0../s1. The van der Waals surface area contributed by atoms with E-state index in [1.54, 1.807) is 39.2 Å². The van der Waals surface area contributed by atoms with Crippen molar-refractivity contribution in [2.75, 3.05) is 102 Å². The topological polar surface area (TPSA) is 446 Å². The third-order valence-electron chi connectivity index (χ3n) is 28.4. The number of carbonyl (C=O) groups excluding carboxylic acids is 1. The van der Waals surface area contributed by atoms with E-state index in [0.29, 0.717) is 90.5 Å². The summed E-state index contributed by atoms with van der Waals surface area (Å²) in [5, 5.41) is 42.4. The maximum Gasteiger partial charge on any atom is 0.341 e. The van der Waals surface area contributed by atoms with Gasteiger partial charge in [0.25, 0.3) is 0 Å². The van der Waals surface area contributed by atoms with Crippen molar-refractivity contribution in [1.29, 1.82) is 0 Å². The molecule has 9 aliphatic rings. The summed E-state index contributed by atoms with van der Waals surface area (Å²) in [5.41, 5.74) is 16.2. The van der Waals surface area contributed by atoms with Crippen molar-refractivity contribution in [1.82, 2.24) is 43.4 Å². The van der Waals surface area contributed by atoms with Crippen LogP contribution in [0.3, 0.4) is 0 Å². The second kappa shape index (κ2) is 39.2. The number of piperazine rings is 2. The molecular weight excluding hydrogens is 2000 g/mol. The highest BCUT2D eigenvalue weighted by atomic mass is 35.5. The number of benzene rings is 6. The van der Waals surface area contributed by atoms with E-state index in [0.717, 1.165) is 120 Å². The summed E-state index contributed by atoms with van der Waals surface area (Å²) >= 11 is 6.56. The minimum absolute atomic E-state index is 0.00645. The van der Waals surface area contributed by atoms with Crippen LogP contribution < -0.4 is 85.2 Å². The number of carbonyl (C=O) groups is 5. The molecule has 4 unspecified atom stereocenters. The number of pyridine rings is 7. The van der Waals surface area contributed by atoms with Gasteiger partial charge in [-0.05, 0) is 131 Å². The van der Waals surface area contributed by atoms with Crippen LogP contribution in [0.5, 0.6) is 0 Å². The largest absolute Gasteiger partial charge is 0.477 e. The van der Waals surface area contributed by atoms with Crippen molar-refractivity contribution in [3.05, 3.63) is 270 Å². The van der Waals surface area contributed by atoms with E-state index >= 15 is 17.6 Å². The van der Waals surface area contributed by atoms with Gasteiger partial charge in [0.2, 0.25) is 21.7 Å². The molecule has 1 spiro atoms. The number of nitrogen functional groups attached to an aromatic ring is 1. The number of halogens is 14. The number of nitrogens with one attached hydrogen (secondary N) is 2. The first-order chi connectivity index (χ1) is 69.9. The number of carboxylic acid groups (broad SMARTS) is 4. The van der Waals surface area contributed by atoms with Crippen LogP contribution in [-0.2, 0) is 0 Å². The highest BCUT2D eigenvalue weighted by Gasteiger charge is 2.56. The van der Waals surface area contributed by atoms with Gasteiger partial charge in [-0.1, -0.05) is 31.2 Å². The van der Waals surface area contributed by atoms with Crippen LogP contribution in [0.4, 0.5) is 91.5 Å². The quantitative estimate of drug-likeness (QED) is 0.0244. The van der Waals surface area contributed by atoms with E-state index in [9.17, 15) is 108 Å². The number of anilines is 6. The lowest BCUT2D eigenvalue weighted by Gasteiger charge is -2.38. The van der Waals surface area contributed by atoms with E-state index in [1.165, 1.54) is 32.0 Å². The zero-order valence-corrected chi connectivity index (χ0v) is 81.4. The Balaban J connectivity index is 0.000000121. The third kappa shape index (κ3) is 19.3. The predicted molar refractivity (Wildman–Crippen MR) is 530 cm³/mol. The number of hydrogen-bond acceptors (Lipinski definition) is 23. The van der Waals surface area contributed by atoms with Crippen LogP contribution in [0.15, 0.2) is 140 Å². The number of hydrogen-bond donors (Lipinski definition) is 10. The summed E-state index contributed by atoms with van der Waals surface area (Å²) in [6.07, 6.45) is 8.45. The molecule has 4 saturated carbocycles. The van der Waals surface area contributed by atoms with E-state index in [1.807, 2.05) is 25.7 Å². The molecule has 47 heteroatoms. The molecule has 0 amide bonds. The van der Waals surface area contributed by atoms with Crippen molar-refractivity contribution < 1.29 is 101 Å². The summed E-state index contributed by atoms with van der Waals surface area (Å²) in [6.45, 7) is 16.6. The first-order valence-electron chi connectivity index (χ1n) is 47.2. The molecule has 12 heterocycles. The first kappa shape index (κ1) is 103. The highest BCUT2D eigenvalue weighted by Crippen LogP contribution is 2.55. The van der Waals surface area contributed by atoms with Gasteiger partial charge in [-0.25, -0.2) is 86.2 Å².